The number of ketones is 2. The Morgan fingerprint density at radius 1 is 1.29 bits per heavy atom. The second-order valence-electron chi connectivity index (χ2n) is 10.1. The first-order chi connectivity index (χ1) is 16.5. The van der Waals surface area contributed by atoms with Crippen molar-refractivity contribution < 1.29 is 28.6 Å². The van der Waals surface area contributed by atoms with Crippen LogP contribution >= 0.6 is 23.2 Å². The van der Waals surface area contributed by atoms with E-state index in [0.29, 0.717) is 19.3 Å². The van der Waals surface area contributed by atoms with Gasteiger partial charge in [-0.05, 0) is 73.9 Å². The third kappa shape index (κ3) is 4.19. The molecule has 0 radical (unpaired) electrons. The number of phenols is 1. The molecule has 0 bridgehead atoms. The molecule has 8 heteroatoms. The number of phenolic OH excluding ortho intramolecular Hbond substituents is 1. The molecule has 6 nitrogen and oxygen atoms in total. The lowest BCUT2D eigenvalue weighted by atomic mass is 9.57. The molecule has 2 saturated carbocycles. The number of fused-ring (bicyclic) bond motifs is 1. The van der Waals surface area contributed by atoms with Gasteiger partial charge in [0.2, 0.25) is 5.76 Å². The highest BCUT2D eigenvalue weighted by molar-refractivity contribution is 6.32. The lowest BCUT2D eigenvalue weighted by Gasteiger charge is -2.50. The number of Topliss-reactive ketones (excluding diaryl/α,β-unsaturated/α-hetero) is 2. The summed E-state index contributed by atoms with van der Waals surface area (Å²) in [6.07, 6.45) is 3.17. The molecular weight excluding hydrogens is 491 g/mol. The molecule has 35 heavy (non-hydrogen) atoms. The highest BCUT2D eigenvalue weighted by Gasteiger charge is 2.71. The number of carbonyl (C=O) groups is 3. The van der Waals surface area contributed by atoms with Crippen molar-refractivity contribution in [2.75, 3.05) is 5.88 Å². The first-order valence-corrected chi connectivity index (χ1v) is 12.8. The minimum absolute atomic E-state index is 0.00350. The number of alkyl halides is 2. The minimum Gasteiger partial charge on any atom is -0.508 e. The molecule has 188 valence electrons. The van der Waals surface area contributed by atoms with Crippen LogP contribution in [0.3, 0.4) is 0 Å². The zero-order valence-electron chi connectivity index (χ0n) is 20.1. The summed E-state index contributed by atoms with van der Waals surface area (Å²) >= 11 is 12.7. The van der Waals surface area contributed by atoms with Crippen molar-refractivity contribution in [2.24, 2.45) is 23.2 Å². The molecule has 0 saturated heterocycles. The van der Waals surface area contributed by atoms with E-state index >= 15 is 0 Å². The van der Waals surface area contributed by atoms with Gasteiger partial charge in [0.25, 0.3) is 0 Å². The van der Waals surface area contributed by atoms with Crippen LogP contribution in [0.4, 0.5) is 0 Å². The third-order valence-electron chi connectivity index (χ3n) is 8.30. The monoisotopic (exact) mass is 520 g/mol. The fourth-order valence-electron chi connectivity index (χ4n) is 6.60. The predicted molar refractivity (Wildman–Crippen MR) is 132 cm³/mol. The highest BCUT2D eigenvalue weighted by Crippen LogP contribution is 2.64. The maximum atomic E-state index is 13.5. The Labute approximate surface area is 214 Å². The quantitative estimate of drug-likeness (QED) is 0.383. The van der Waals surface area contributed by atoms with Crippen molar-refractivity contribution in [1.82, 2.24) is 0 Å². The molecule has 0 amide bonds. The minimum atomic E-state index is -1.53. The summed E-state index contributed by atoms with van der Waals surface area (Å²) in [5, 5.41) is 9.10. The van der Waals surface area contributed by atoms with Crippen LogP contribution in [0.1, 0.15) is 54.8 Å². The molecule has 1 aromatic carbocycles. The van der Waals surface area contributed by atoms with Gasteiger partial charge in [0, 0.05) is 17.3 Å². The molecule has 1 N–H and O–H groups in total. The van der Waals surface area contributed by atoms with Gasteiger partial charge in [-0.2, -0.15) is 0 Å². The van der Waals surface area contributed by atoms with Crippen LogP contribution in [-0.2, 0) is 20.7 Å². The molecule has 0 unspecified atom stereocenters. The number of hydrogen-bond donors (Lipinski definition) is 1. The molecule has 6 atom stereocenters. The summed E-state index contributed by atoms with van der Waals surface area (Å²) in [6.45, 7) is 5.73. The number of ether oxygens (including phenoxy) is 1. The van der Waals surface area contributed by atoms with E-state index in [2.05, 4.69) is 0 Å². The summed E-state index contributed by atoms with van der Waals surface area (Å²) in [5.41, 5.74) is -0.444. The van der Waals surface area contributed by atoms with Crippen LogP contribution in [0, 0.1) is 30.1 Å². The average Bonchev–Trinajstić information content (AvgIpc) is 3.43. The Kier molecular flexibility index (Phi) is 7.09. The second kappa shape index (κ2) is 9.62. The number of rotatable bonds is 7. The van der Waals surface area contributed by atoms with E-state index in [1.54, 1.807) is 18.2 Å². The van der Waals surface area contributed by atoms with Gasteiger partial charge in [-0.3, -0.25) is 9.59 Å². The maximum Gasteiger partial charge on any atom is 0.375 e. The topological polar surface area (TPSA) is 93.8 Å². The van der Waals surface area contributed by atoms with Crippen LogP contribution in [0.15, 0.2) is 41.0 Å². The van der Waals surface area contributed by atoms with E-state index in [1.807, 2.05) is 26.8 Å². The molecule has 1 aromatic heterocycles. The van der Waals surface area contributed by atoms with E-state index in [0.717, 1.165) is 11.1 Å². The number of aryl methyl sites for hydroxylation is 2. The van der Waals surface area contributed by atoms with Gasteiger partial charge in [-0.25, -0.2) is 4.79 Å². The maximum absolute atomic E-state index is 13.5. The Morgan fingerprint density at radius 2 is 2.03 bits per heavy atom. The van der Waals surface area contributed by atoms with E-state index in [1.165, 1.54) is 12.3 Å². The van der Waals surface area contributed by atoms with Crippen LogP contribution < -0.4 is 0 Å². The molecule has 2 aliphatic rings. The van der Waals surface area contributed by atoms with Crippen molar-refractivity contribution in [3.05, 3.63) is 53.5 Å². The summed E-state index contributed by atoms with van der Waals surface area (Å²) in [6, 6.07) is 8.24. The average molecular weight is 521 g/mol. The number of halogens is 2. The Hall–Kier alpha value is -2.31. The Balaban J connectivity index is 1.71. The summed E-state index contributed by atoms with van der Waals surface area (Å²) < 4.78 is 11.3. The molecule has 0 spiro atoms. The van der Waals surface area contributed by atoms with Gasteiger partial charge in [-0.15, -0.1) is 23.2 Å². The number of furan rings is 1. The highest BCUT2D eigenvalue weighted by atomic mass is 35.5. The van der Waals surface area contributed by atoms with Gasteiger partial charge >= 0.3 is 5.97 Å². The van der Waals surface area contributed by atoms with Crippen molar-refractivity contribution in [2.45, 2.75) is 57.4 Å². The largest absolute Gasteiger partial charge is 0.508 e. The van der Waals surface area contributed by atoms with Crippen molar-refractivity contribution >= 4 is 40.7 Å². The lowest BCUT2D eigenvalue weighted by Crippen LogP contribution is -2.61. The molecule has 2 aromatic rings. The normalized spacial score (nSPS) is 32.3. The number of carbonyl (C=O) groups excluding carboxylic acids is 3. The Bertz CT molecular complexity index is 1130. The molecule has 4 rings (SSSR count). The fourth-order valence-corrected chi connectivity index (χ4v) is 7.28. The fraction of sp³-hybridized carbons (Fsp3) is 0.519. The van der Waals surface area contributed by atoms with Crippen LogP contribution in [-0.4, -0.2) is 39.5 Å². The first kappa shape index (κ1) is 25.8. The predicted octanol–water partition coefficient (Wildman–Crippen LogP) is 5.49. The van der Waals surface area contributed by atoms with E-state index in [9.17, 15) is 19.5 Å². The summed E-state index contributed by atoms with van der Waals surface area (Å²) in [7, 11) is 0. The van der Waals surface area contributed by atoms with E-state index in [4.69, 9.17) is 32.4 Å². The number of hydrogen-bond acceptors (Lipinski definition) is 6. The van der Waals surface area contributed by atoms with Gasteiger partial charge in [0.15, 0.2) is 17.2 Å². The van der Waals surface area contributed by atoms with Crippen molar-refractivity contribution in [3.63, 3.8) is 0 Å². The van der Waals surface area contributed by atoms with Crippen LogP contribution in [0.2, 0.25) is 0 Å². The van der Waals surface area contributed by atoms with E-state index < -0.39 is 34.1 Å². The zero-order valence-corrected chi connectivity index (χ0v) is 21.6. The van der Waals surface area contributed by atoms with Crippen LogP contribution in [0.25, 0.3) is 0 Å². The third-order valence-corrected chi connectivity index (χ3v) is 8.91. The molecule has 1 heterocycles. The van der Waals surface area contributed by atoms with Gasteiger partial charge < -0.3 is 14.3 Å². The number of esters is 1. The SMILES string of the molecule is Cc1ccc(O)cc1CC[C@@H]1C(=O)[C@H](Cl)C[C@@]2(C)[C@H]1C[C@@H](C)[C@]2(OC(=O)c1ccco1)C(=O)CCl. The molecule has 2 aliphatic carbocycles. The molecular formula is C27H30Cl2O6. The van der Waals surface area contributed by atoms with Gasteiger partial charge in [0.1, 0.15) is 5.75 Å². The van der Waals surface area contributed by atoms with E-state index in [-0.39, 0.29) is 41.4 Å². The second-order valence-corrected chi connectivity index (χ2v) is 10.9. The Morgan fingerprint density at radius 3 is 2.69 bits per heavy atom. The molecule has 2 fully saturated rings. The van der Waals surface area contributed by atoms with Gasteiger partial charge in [0.05, 0.1) is 17.5 Å². The molecule has 0 aliphatic heterocycles. The number of aromatic hydroxyl groups is 1. The summed E-state index contributed by atoms with van der Waals surface area (Å²) in [5.74, 6) is -2.36. The van der Waals surface area contributed by atoms with Crippen molar-refractivity contribution in [1.29, 1.82) is 0 Å². The lowest BCUT2D eigenvalue weighted by molar-refractivity contribution is -0.164. The number of benzene rings is 1. The van der Waals surface area contributed by atoms with Crippen molar-refractivity contribution in [3.8, 4) is 5.75 Å². The smallest absolute Gasteiger partial charge is 0.375 e. The standard InChI is InChI=1S/C27H30Cl2O6/c1-15-6-8-18(30)12-17(15)7-9-19-20-11-16(2)27(23(31)14-28,26(20,3)13-21(29)24(19)32)35-25(33)22-5-4-10-34-22/h4-6,8,10,12,16,19-21,30H,7,9,11,13-14H2,1-3H3/t16-,19+,20+,21-,26+,27+/m1/s1. The first-order valence-electron chi connectivity index (χ1n) is 11.9. The van der Waals surface area contributed by atoms with Gasteiger partial charge in [-0.1, -0.05) is 19.9 Å². The van der Waals surface area contributed by atoms with Crippen LogP contribution in [0.5, 0.6) is 5.75 Å². The summed E-state index contributed by atoms with van der Waals surface area (Å²) in [4.78, 5) is 39.8. The zero-order chi connectivity index (χ0) is 25.5.